The standard InChI is InChI=1S/C11H18N6/c1-4-10-11(12)14-15-17(10)6-9-5-13-7-16(9)8(2)3/h5,7-8H,4,6,12H2,1-3H3. The smallest absolute Gasteiger partial charge is 0.169 e. The molecule has 0 bridgehead atoms. The van der Waals surface area contributed by atoms with Crippen LogP contribution in [0.15, 0.2) is 12.5 Å². The lowest BCUT2D eigenvalue weighted by molar-refractivity contribution is 0.534. The molecule has 2 aromatic heterocycles. The van der Waals surface area contributed by atoms with E-state index in [1.54, 1.807) is 0 Å². The van der Waals surface area contributed by atoms with E-state index >= 15 is 0 Å². The Hall–Kier alpha value is -1.85. The quantitative estimate of drug-likeness (QED) is 0.864. The molecule has 0 aromatic carbocycles. The van der Waals surface area contributed by atoms with Gasteiger partial charge in [0.2, 0.25) is 0 Å². The molecule has 0 saturated carbocycles. The normalized spacial score (nSPS) is 11.3. The van der Waals surface area contributed by atoms with E-state index in [2.05, 4.69) is 33.7 Å². The first-order chi connectivity index (χ1) is 8.13. The molecular weight excluding hydrogens is 216 g/mol. The van der Waals surface area contributed by atoms with Gasteiger partial charge in [0, 0.05) is 6.04 Å². The molecule has 0 amide bonds. The van der Waals surface area contributed by atoms with Gasteiger partial charge in [0.1, 0.15) is 0 Å². The summed E-state index contributed by atoms with van der Waals surface area (Å²) < 4.78 is 3.96. The van der Waals surface area contributed by atoms with E-state index in [-0.39, 0.29) is 0 Å². The molecule has 92 valence electrons. The van der Waals surface area contributed by atoms with Gasteiger partial charge in [0.25, 0.3) is 0 Å². The first-order valence-electron chi connectivity index (χ1n) is 5.82. The molecule has 6 nitrogen and oxygen atoms in total. The van der Waals surface area contributed by atoms with Crippen LogP contribution in [0, 0.1) is 0 Å². The highest BCUT2D eigenvalue weighted by atomic mass is 15.4. The van der Waals surface area contributed by atoms with Crippen LogP contribution in [0.25, 0.3) is 0 Å². The molecule has 0 spiro atoms. The minimum atomic E-state index is 0.387. The van der Waals surface area contributed by atoms with Crippen molar-refractivity contribution in [3.63, 3.8) is 0 Å². The van der Waals surface area contributed by atoms with Crippen LogP contribution in [0.4, 0.5) is 5.82 Å². The Kier molecular flexibility index (Phi) is 3.12. The molecule has 0 aliphatic rings. The van der Waals surface area contributed by atoms with Crippen LogP contribution in [0.3, 0.4) is 0 Å². The number of hydrogen-bond acceptors (Lipinski definition) is 4. The number of rotatable bonds is 4. The van der Waals surface area contributed by atoms with Gasteiger partial charge in [-0.3, -0.25) is 0 Å². The van der Waals surface area contributed by atoms with Crippen molar-refractivity contribution in [3.8, 4) is 0 Å². The molecule has 0 atom stereocenters. The molecule has 2 aromatic rings. The predicted octanol–water partition coefficient (Wildman–Crippen LogP) is 1.25. The predicted molar refractivity (Wildman–Crippen MR) is 65.5 cm³/mol. The van der Waals surface area contributed by atoms with Crippen molar-refractivity contribution in [2.75, 3.05) is 5.73 Å². The van der Waals surface area contributed by atoms with Crippen molar-refractivity contribution in [2.24, 2.45) is 0 Å². The Morgan fingerprint density at radius 3 is 2.82 bits per heavy atom. The third kappa shape index (κ3) is 2.15. The minimum absolute atomic E-state index is 0.387. The van der Waals surface area contributed by atoms with Crippen LogP contribution in [-0.2, 0) is 13.0 Å². The van der Waals surface area contributed by atoms with E-state index in [4.69, 9.17) is 5.73 Å². The average molecular weight is 234 g/mol. The van der Waals surface area contributed by atoms with Gasteiger partial charge in [0.15, 0.2) is 5.82 Å². The summed E-state index contributed by atoms with van der Waals surface area (Å²) in [7, 11) is 0. The fourth-order valence-electron chi connectivity index (χ4n) is 1.91. The van der Waals surface area contributed by atoms with E-state index in [0.29, 0.717) is 18.4 Å². The molecule has 0 fully saturated rings. The van der Waals surface area contributed by atoms with Crippen LogP contribution in [0.5, 0.6) is 0 Å². The number of nitrogens with zero attached hydrogens (tertiary/aromatic N) is 5. The summed E-state index contributed by atoms with van der Waals surface area (Å²) in [5.41, 5.74) is 7.85. The van der Waals surface area contributed by atoms with Gasteiger partial charge in [-0.2, -0.15) is 0 Å². The lowest BCUT2D eigenvalue weighted by Gasteiger charge is -2.12. The average Bonchev–Trinajstić information content (AvgIpc) is 2.86. The first-order valence-corrected chi connectivity index (χ1v) is 5.82. The second-order valence-electron chi connectivity index (χ2n) is 4.32. The summed E-state index contributed by atoms with van der Waals surface area (Å²) in [6.45, 7) is 6.96. The zero-order chi connectivity index (χ0) is 12.4. The summed E-state index contributed by atoms with van der Waals surface area (Å²) in [6, 6.07) is 0.387. The van der Waals surface area contributed by atoms with Gasteiger partial charge in [-0.25, -0.2) is 9.67 Å². The topological polar surface area (TPSA) is 74.6 Å². The molecule has 0 unspecified atom stereocenters. The van der Waals surface area contributed by atoms with Crippen LogP contribution in [-0.4, -0.2) is 24.5 Å². The van der Waals surface area contributed by atoms with Gasteiger partial charge in [0.05, 0.1) is 30.5 Å². The Labute approximate surface area is 100 Å². The Morgan fingerprint density at radius 1 is 1.41 bits per heavy atom. The molecule has 0 saturated heterocycles. The molecule has 2 rings (SSSR count). The molecule has 0 aliphatic heterocycles. The number of imidazole rings is 1. The van der Waals surface area contributed by atoms with E-state index in [9.17, 15) is 0 Å². The molecule has 2 N–H and O–H groups in total. The fourth-order valence-corrected chi connectivity index (χ4v) is 1.91. The van der Waals surface area contributed by atoms with E-state index in [0.717, 1.165) is 17.8 Å². The molecule has 0 aliphatic carbocycles. The van der Waals surface area contributed by atoms with Crippen molar-refractivity contribution in [2.45, 2.75) is 39.8 Å². The molecule has 0 radical (unpaired) electrons. The number of nitrogen functional groups attached to an aromatic ring is 1. The second-order valence-corrected chi connectivity index (χ2v) is 4.32. The van der Waals surface area contributed by atoms with Crippen LogP contribution in [0.1, 0.15) is 38.2 Å². The van der Waals surface area contributed by atoms with Crippen molar-refractivity contribution >= 4 is 5.82 Å². The van der Waals surface area contributed by atoms with Gasteiger partial charge in [-0.05, 0) is 20.3 Å². The molecule has 17 heavy (non-hydrogen) atoms. The number of hydrogen-bond donors (Lipinski definition) is 1. The third-order valence-electron chi connectivity index (χ3n) is 2.82. The van der Waals surface area contributed by atoms with E-state index in [1.807, 2.05) is 24.1 Å². The number of nitrogens with two attached hydrogens (primary N) is 1. The van der Waals surface area contributed by atoms with E-state index < -0.39 is 0 Å². The van der Waals surface area contributed by atoms with Crippen molar-refractivity contribution in [1.29, 1.82) is 0 Å². The van der Waals surface area contributed by atoms with Crippen molar-refractivity contribution in [3.05, 3.63) is 23.9 Å². The highest BCUT2D eigenvalue weighted by Crippen LogP contribution is 2.13. The highest BCUT2D eigenvalue weighted by molar-refractivity contribution is 5.33. The lowest BCUT2D eigenvalue weighted by atomic mass is 10.3. The zero-order valence-corrected chi connectivity index (χ0v) is 10.5. The van der Waals surface area contributed by atoms with Gasteiger partial charge < -0.3 is 10.3 Å². The first kappa shape index (κ1) is 11.6. The van der Waals surface area contributed by atoms with Crippen LogP contribution in [0.2, 0.25) is 0 Å². The van der Waals surface area contributed by atoms with Gasteiger partial charge in [-0.1, -0.05) is 12.1 Å². The van der Waals surface area contributed by atoms with Crippen molar-refractivity contribution in [1.82, 2.24) is 24.5 Å². The van der Waals surface area contributed by atoms with Crippen LogP contribution >= 0.6 is 0 Å². The summed E-state index contributed by atoms with van der Waals surface area (Å²) in [5.74, 6) is 0.517. The fraction of sp³-hybridized carbons (Fsp3) is 0.545. The summed E-state index contributed by atoms with van der Waals surface area (Å²) in [6.07, 6.45) is 4.53. The maximum absolute atomic E-state index is 5.76. The summed E-state index contributed by atoms with van der Waals surface area (Å²) in [4.78, 5) is 4.17. The summed E-state index contributed by atoms with van der Waals surface area (Å²) in [5, 5.41) is 7.97. The molecule has 2 heterocycles. The Balaban J connectivity index is 2.28. The monoisotopic (exact) mass is 234 g/mol. The molecule has 6 heteroatoms. The third-order valence-corrected chi connectivity index (χ3v) is 2.82. The van der Waals surface area contributed by atoms with Crippen LogP contribution < -0.4 is 5.73 Å². The maximum Gasteiger partial charge on any atom is 0.169 e. The SMILES string of the molecule is CCc1c(N)nnn1Cc1cncn1C(C)C. The number of anilines is 1. The Bertz CT molecular complexity index is 496. The van der Waals surface area contributed by atoms with Gasteiger partial charge >= 0.3 is 0 Å². The Morgan fingerprint density at radius 2 is 2.18 bits per heavy atom. The second kappa shape index (κ2) is 4.57. The zero-order valence-electron chi connectivity index (χ0n) is 10.5. The number of aromatic nitrogens is 5. The minimum Gasteiger partial charge on any atom is -0.381 e. The lowest BCUT2D eigenvalue weighted by Crippen LogP contribution is -2.12. The largest absolute Gasteiger partial charge is 0.381 e. The van der Waals surface area contributed by atoms with Crippen molar-refractivity contribution < 1.29 is 0 Å². The van der Waals surface area contributed by atoms with Gasteiger partial charge in [-0.15, -0.1) is 5.10 Å². The maximum atomic E-state index is 5.76. The summed E-state index contributed by atoms with van der Waals surface area (Å²) >= 11 is 0. The molecular formula is C11H18N6. The highest BCUT2D eigenvalue weighted by Gasteiger charge is 2.11. The van der Waals surface area contributed by atoms with E-state index in [1.165, 1.54) is 0 Å².